The first-order valence-electron chi connectivity index (χ1n) is 3.98. The number of ether oxygens (including phenoxy) is 1. The lowest BCUT2D eigenvalue weighted by atomic mass is 10.2. The molecule has 68 valence electrons. The largest absolute Gasteiger partial charge is 0.450 e. The van der Waals surface area contributed by atoms with E-state index in [4.69, 9.17) is 9.15 Å². The van der Waals surface area contributed by atoms with Crippen molar-refractivity contribution in [1.82, 2.24) is 0 Å². The van der Waals surface area contributed by atoms with Crippen molar-refractivity contribution in [2.24, 2.45) is 0 Å². The lowest BCUT2D eigenvalue weighted by molar-refractivity contribution is 0.184. The van der Waals surface area contributed by atoms with Crippen molar-refractivity contribution in [1.29, 1.82) is 0 Å². The summed E-state index contributed by atoms with van der Waals surface area (Å²) in [4.78, 5) is 0. The third-order valence-electron chi connectivity index (χ3n) is 1.94. The first kappa shape index (κ1) is 9.02. The SMILES string of the molecule is COCc1c(I)oc2ccccc12. The third kappa shape index (κ3) is 1.58. The zero-order valence-corrected chi connectivity index (χ0v) is 9.37. The fourth-order valence-electron chi connectivity index (χ4n) is 1.35. The fraction of sp³-hybridized carbons (Fsp3) is 0.200. The minimum atomic E-state index is 0.606. The van der Waals surface area contributed by atoms with Gasteiger partial charge in [0.2, 0.25) is 0 Å². The lowest BCUT2D eigenvalue weighted by Gasteiger charge is -1.95. The predicted molar refractivity (Wildman–Crippen MR) is 59.6 cm³/mol. The fourth-order valence-corrected chi connectivity index (χ4v) is 2.03. The van der Waals surface area contributed by atoms with Crippen molar-refractivity contribution in [3.05, 3.63) is 33.6 Å². The maximum absolute atomic E-state index is 5.56. The van der Waals surface area contributed by atoms with E-state index in [-0.39, 0.29) is 0 Å². The number of furan rings is 1. The van der Waals surface area contributed by atoms with Crippen LogP contribution in [0.1, 0.15) is 5.56 Å². The van der Waals surface area contributed by atoms with Crippen LogP contribution in [0, 0.1) is 3.77 Å². The van der Waals surface area contributed by atoms with Crippen molar-refractivity contribution in [3.8, 4) is 0 Å². The van der Waals surface area contributed by atoms with Gasteiger partial charge in [-0.1, -0.05) is 18.2 Å². The molecule has 0 saturated carbocycles. The number of methoxy groups -OCH3 is 1. The molecule has 0 saturated heterocycles. The molecular weight excluding hydrogens is 279 g/mol. The molecule has 0 spiro atoms. The summed E-state index contributed by atoms with van der Waals surface area (Å²) in [5.74, 6) is 0. The van der Waals surface area contributed by atoms with Crippen LogP contribution in [0.25, 0.3) is 11.0 Å². The summed E-state index contributed by atoms with van der Waals surface area (Å²) in [7, 11) is 1.69. The molecule has 0 fully saturated rings. The van der Waals surface area contributed by atoms with Gasteiger partial charge < -0.3 is 9.15 Å². The van der Waals surface area contributed by atoms with Crippen molar-refractivity contribution in [2.75, 3.05) is 7.11 Å². The van der Waals surface area contributed by atoms with Crippen LogP contribution in [0.2, 0.25) is 0 Å². The van der Waals surface area contributed by atoms with Crippen LogP contribution in [-0.2, 0) is 11.3 Å². The summed E-state index contributed by atoms with van der Waals surface area (Å²) in [5, 5.41) is 1.15. The molecule has 0 amide bonds. The Hall–Kier alpha value is -0.550. The summed E-state index contributed by atoms with van der Waals surface area (Å²) >= 11 is 2.19. The van der Waals surface area contributed by atoms with Gasteiger partial charge in [0, 0.05) is 40.7 Å². The summed E-state index contributed by atoms with van der Waals surface area (Å²) in [5.41, 5.74) is 2.07. The molecule has 2 nitrogen and oxygen atoms in total. The van der Waals surface area contributed by atoms with E-state index < -0.39 is 0 Å². The first-order valence-corrected chi connectivity index (χ1v) is 5.05. The zero-order valence-electron chi connectivity index (χ0n) is 7.21. The van der Waals surface area contributed by atoms with Gasteiger partial charge in [-0.05, 0) is 6.07 Å². The molecule has 0 aliphatic rings. The molecule has 0 N–H and O–H groups in total. The second kappa shape index (κ2) is 3.67. The molecule has 3 heteroatoms. The van der Waals surface area contributed by atoms with Gasteiger partial charge in [-0.25, -0.2) is 0 Å². The van der Waals surface area contributed by atoms with Gasteiger partial charge in [-0.3, -0.25) is 0 Å². The van der Waals surface area contributed by atoms with Gasteiger partial charge in [-0.15, -0.1) is 0 Å². The van der Waals surface area contributed by atoms with Gasteiger partial charge in [0.25, 0.3) is 0 Å². The third-order valence-corrected chi connectivity index (χ3v) is 2.81. The number of para-hydroxylation sites is 1. The van der Waals surface area contributed by atoms with E-state index in [9.17, 15) is 0 Å². The monoisotopic (exact) mass is 288 g/mol. The zero-order chi connectivity index (χ0) is 9.26. The second-order valence-corrected chi connectivity index (χ2v) is 3.76. The molecule has 1 aromatic carbocycles. The molecule has 0 bridgehead atoms. The van der Waals surface area contributed by atoms with Crippen LogP contribution >= 0.6 is 22.6 Å². The molecular formula is C10H9IO2. The molecule has 0 unspecified atom stereocenters. The van der Waals surface area contributed by atoms with Crippen LogP contribution in [0.3, 0.4) is 0 Å². The molecule has 1 aromatic heterocycles. The molecule has 2 aromatic rings. The van der Waals surface area contributed by atoms with Crippen molar-refractivity contribution in [2.45, 2.75) is 6.61 Å². The quantitative estimate of drug-likeness (QED) is 0.792. The smallest absolute Gasteiger partial charge is 0.170 e. The van der Waals surface area contributed by atoms with E-state index in [0.717, 1.165) is 20.3 Å². The minimum Gasteiger partial charge on any atom is -0.450 e. The van der Waals surface area contributed by atoms with Crippen LogP contribution in [0.5, 0.6) is 0 Å². The van der Waals surface area contributed by atoms with E-state index in [1.807, 2.05) is 18.2 Å². The second-order valence-electron chi connectivity index (χ2n) is 2.78. The lowest BCUT2D eigenvalue weighted by Crippen LogP contribution is -1.87. The highest BCUT2D eigenvalue weighted by Gasteiger charge is 2.10. The van der Waals surface area contributed by atoms with Crippen molar-refractivity contribution < 1.29 is 9.15 Å². The van der Waals surface area contributed by atoms with E-state index >= 15 is 0 Å². The van der Waals surface area contributed by atoms with Crippen molar-refractivity contribution in [3.63, 3.8) is 0 Å². The number of halogens is 1. The van der Waals surface area contributed by atoms with E-state index in [1.54, 1.807) is 7.11 Å². The Bertz CT molecular complexity index is 420. The number of benzene rings is 1. The average molecular weight is 288 g/mol. The summed E-state index contributed by atoms with van der Waals surface area (Å²) < 4.78 is 11.6. The normalized spacial score (nSPS) is 10.9. The van der Waals surface area contributed by atoms with Gasteiger partial charge in [0.15, 0.2) is 3.77 Å². The van der Waals surface area contributed by atoms with E-state index in [0.29, 0.717) is 6.61 Å². The number of hydrogen-bond acceptors (Lipinski definition) is 2. The van der Waals surface area contributed by atoms with E-state index in [1.165, 1.54) is 0 Å². The molecule has 0 aliphatic heterocycles. The Kier molecular flexibility index (Phi) is 2.55. The van der Waals surface area contributed by atoms with Crippen LogP contribution in [0.15, 0.2) is 28.7 Å². The number of hydrogen-bond donors (Lipinski definition) is 0. The first-order chi connectivity index (χ1) is 6.33. The number of fused-ring (bicyclic) bond motifs is 1. The Morgan fingerprint density at radius 1 is 1.38 bits per heavy atom. The van der Waals surface area contributed by atoms with Crippen LogP contribution in [-0.4, -0.2) is 7.11 Å². The summed E-state index contributed by atoms with van der Waals surface area (Å²) in [6, 6.07) is 8.00. The van der Waals surface area contributed by atoms with Gasteiger partial charge in [-0.2, -0.15) is 0 Å². The molecule has 1 heterocycles. The van der Waals surface area contributed by atoms with Gasteiger partial charge in [0.05, 0.1) is 6.61 Å². The maximum Gasteiger partial charge on any atom is 0.170 e. The van der Waals surface area contributed by atoms with Crippen LogP contribution < -0.4 is 0 Å². The predicted octanol–water partition coefficient (Wildman–Crippen LogP) is 3.18. The molecule has 0 radical (unpaired) electrons. The Morgan fingerprint density at radius 2 is 2.15 bits per heavy atom. The van der Waals surface area contributed by atoms with Gasteiger partial charge in [0.1, 0.15) is 5.58 Å². The highest BCUT2D eigenvalue weighted by atomic mass is 127. The topological polar surface area (TPSA) is 22.4 Å². The Morgan fingerprint density at radius 3 is 2.92 bits per heavy atom. The standard InChI is InChI=1S/C10H9IO2/c1-12-6-8-7-4-2-3-5-9(7)13-10(8)11/h2-5H,6H2,1H3. The highest BCUT2D eigenvalue weighted by Crippen LogP contribution is 2.27. The summed E-state index contributed by atoms with van der Waals surface area (Å²) in [6.07, 6.45) is 0. The van der Waals surface area contributed by atoms with Crippen molar-refractivity contribution >= 4 is 33.6 Å². The summed E-state index contributed by atoms with van der Waals surface area (Å²) in [6.45, 7) is 0.606. The maximum atomic E-state index is 5.56. The minimum absolute atomic E-state index is 0.606. The Labute approximate surface area is 90.0 Å². The molecule has 0 aliphatic carbocycles. The molecule has 13 heavy (non-hydrogen) atoms. The van der Waals surface area contributed by atoms with Gasteiger partial charge >= 0.3 is 0 Å². The molecule has 0 atom stereocenters. The highest BCUT2D eigenvalue weighted by molar-refractivity contribution is 14.1. The average Bonchev–Trinajstić information content (AvgIpc) is 2.44. The van der Waals surface area contributed by atoms with Crippen LogP contribution in [0.4, 0.5) is 0 Å². The number of rotatable bonds is 2. The Balaban J connectivity index is 2.64. The molecule has 2 rings (SSSR count). The van der Waals surface area contributed by atoms with E-state index in [2.05, 4.69) is 28.7 Å².